The van der Waals surface area contributed by atoms with E-state index in [2.05, 4.69) is 16.5 Å². The number of ketones is 1. The Kier molecular flexibility index (Phi) is 5.83. The fourth-order valence-electron chi connectivity index (χ4n) is 3.80. The lowest BCUT2D eigenvalue weighted by Gasteiger charge is -2.17. The summed E-state index contributed by atoms with van der Waals surface area (Å²) in [7, 11) is 0. The molecule has 164 valence electrons. The van der Waals surface area contributed by atoms with E-state index in [1.54, 1.807) is 26.8 Å². The molecule has 5 heteroatoms. The quantitative estimate of drug-likeness (QED) is 0.491. The number of hydrogen-bond donors (Lipinski definition) is 0. The molecule has 1 heterocycles. The molecule has 4 rings (SSSR count). The van der Waals surface area contributed by atoms with Gasteiger partial charge in [0.05, 0.1) is 5.41 Å². The molecule has 0 aliphatic heterocycles. The van der Waals surface area contributed by atoms with Crippen molar-refractivity contribution in [1.29, 1.82) is 0 Å². The van der Waals surface area contributed by atoms with Crippen LogP contribution in [-0.4, -0.2) is 21.3 Å². The number of allylic oxidation sites excluding steroid dienone is 1. The summed E-state index contributed by atoms with van der Waals surface area (Å²) in [4.78, 5) is 30.1. The van der Waals surface area contributed by atoms with Gasteiger partial charge in [0.2, 0.25) is 5.78 Å². The number of nitrogens with zero attached hydrogens (tertiary/aromatic N) is 2. The first-order chi connectivity index (χ1) is 15.3. The van der Waals surface area contributed by atoms with Crippen molar-refractivity contribution in [3.05, 3.63) is 94.8 Å². The van der Waals surface area contributed by atoms with E-state index in [-0.39, 0.29) is 11.5 Å². The molecule has 0 N–H and O–H groups in total. The molecule has 0 spiro atoms. The summed E-state index contributed by atoms with van der Waals surface area (Å²) < 4.78 is 7.83. The Hall–Kier alpha value is -3.47. The Bertz CT molecular complexity index is 1190. The molecule has 5 nitrogen and oxygen atoms in total. The van der Waals surface area contributed by atoms with Crippen LogP contribution in [0.4, 0.5) is 0 Å². The molecule has 0 bridgehead atoms. The number of rotatable bonds is 6. The van der Waals surface area contributed by atoms with Crippen molar-refractivity contribution in [2.24, 2.45) is 5.41 Å². The molecule has 0 radical (unpaired) electrons. The highest BCUT2D eigenvalue weighted by Gasteiger charge is 2.35. The third-order valence-electron chi connectivity index (χ3n) is 5.55. The molecule has 0 saturated carbocycles. The van der Waals surface area contributed by atoms with Crippen molar-refractivity contribution in [2.75, 3.05) is 0 Å². The summed E-state index contributed by atoms with van der Waals surface area (Å²) in [5, 5.41) is 0. The fourth-order valence-corrected chi connectivity index (χ4v) is 3.80. The highest BCUT2D eigenvalue weighted by molar-refractivity contribution is 6.22. The number of hydrogen-bond acceptors (Lipinski definition) is 4. The van der Waals surface area contributed by atoms with E-state index in [4.69, 9.17) is 4.74 Å². The van der Waals surface area contributed by atoms with Gasteiger partial charge < -0.3 is 9.30 Å². The van der Waals surface area contributed by atoms with Gasteiger partial charge in [-0.1, -0.05) is 55.5 Å². The van der Waals surface area contributed by atoms with E-state index in [0.717, 1.165) is 41.9 Å². The molecule has 1 aliphatic carbocycles. The number of benzene rings is 2. The molecule has 3 aromatic rings. The van der Waals surface area contributed by atoms with Gasteiger partial charge in [-0.25, -0.2) is 4.98 Å². The number of carbonyl (C=O) groups is 2. The highest BCUT2D eigenvalue weighted by atomic mass is 16.5. The lowest BCUT2D eigenvalue weighted by Crippen LogP contribution is -2.24. The lowest BCUT2D eigenvalue weighted by molar-refractivity contribution is -0.147. The van der Waals surface area contributed by atoms with E-state index in [1.807, 2.05) is 54.9 Å². The smallest absolute Gasteiger partial charge is 0.316 e. The van der Waals surface area contributed by atoms with E-state index >= 15 is 0 Å². The van der Waals surface area contributed by atoms with Crippen LogP contribution in [0.15, 0.2) is 66.7 Å². The second kappa shape index (κ2) is 8.58. The normalized spacial score (nSPS) is 13.4. The maximum Gasteiger partial charge on any atom is 0.316 e. The number of ether oxygens (including phenoxy) is 1. The largest absolute Gasteiger partial charge is 0.421 e. The van der Waals surface area contributed by atoms with Gasteiger partial charge in [-0.15, -0.1) is 0 Å². The molecule has 2 aromatic carbocycles. The molecule has 1 aliphatic rings. The minimum absolute atomic E-state index is 0.110. The minimum atomic E-state index is -0.710. The summed E-state index contributed by atoms with van der Waals surface area (Å²) in [6.07, 6.45) is 5.82. The zero-order valence-corrected chi connectivity index (χ0v) is 19.0. The number of aryl methyl sites for hydroxylation is 1. The van der Waals surface area contributed by atoms with E-state index in [9.17, 15) is 9.59 Å². The maximum atomic E-state index is 13.1. The Balaban J connectivity index is 1.69. The Morgan fingerprint density at radius 2 is 1.72 bits per heavy atom. The third kappa shape index (κ3) is 4.15. The van der Waals surface area contributed by atoms with Crippen LogP contribution in [0.25, 0.3) is 5.57 Å². The van der Waals surface area contributed by atoms with Gasteiger partial charge >= 0.3 is 5.97 Å². The summed E-state index contributed by atoms with van der Waals surface area (Å²) >= 11 is 0. The predicted octanol–water partition coefficient (Wildman–Crippen LogP) is 5.43. The molecular weight excluding hydrogens is 400 g/mol. The summed E-state index contributed by atoms with van der Waals surface area (Å²) in [5.74, 6) is 0.510. The Morgan fingerprint density at radius 1 is 1.03 bits per heavy atom. The summed E-state index contributed by atoms with van der Waals surface area (Å²) in [6, 6.07) is 15.5. The summed E-state index contributed by atoms with van der Waals surface area (Å²) in [6.45, 7) is 8.21. The number of carbonyl (C=O) groups excluding carboxylic acids is 2. The van der Waals surface area contributed by atoms with Gasteiger partial charge in [-0.05, 0) is 43.9 Å². The van der Waals surface area contributed by atoms with Gasteiger partial charge in [0.1, 0.15) is 5.82 Å². The van der Waals surface area contributed by atoms with Crippen LogP contribution in [0.2, 0.25) is 0 Å². The Morgan fingerprint density at radius 3 is 2.38 bits per heavy atom. The molecule has 0 unspecified atom stereocenters. The Labute approximate surface area is 188 Å². The van der Waals surface area contributed by atoms with E-state index in [1.165, 1.54) is 0 Å². The zero-order valence-electron chi connectivity index (χ0n) is 19.0. The van der Waals surface area contributed by atoms with Crippen molar-refractivity contribution in [3.8, 4) is 0 Å². The van der Waals surface area contributed by atoms with E-state index in [0.29, 0.717) is 11.1 Å². The monoisotopic (exact) mass is 428 g/mol. The van der Waals surface area contributed by atoms with Gasteiger partial charge in [0.15, 0.2) is 5.76 Å². The second-order valence-electron chi connectivity index (χ2n) is 9.14. The average molecular weight is 429 g/mol. The van der Waals surface area contributed by atoms with Crippen molar-refractivity contribution < 1.29 is 14.3 Å². The van der Waals surface area contributed by atoms with E-state index < -0.39 is 11.4 Å². The first kappa shape index (κ1) is 21.8. The number of fused-ring (bicyclic) bond motifs is 1. The SMILES string of the molecule is CCCc1nccn1Cc1ccc(C2=C(OC(=O)C(C)(C)C)C(=O)c3ccccc32)cc1. The zero-order chi connectivity index (χ0) is 22.9. The molecule has 32 heavy (non-hydrogen) atoms. The van der Waals surface area contributed by atoms with Crippen LogP contribution in [0.3, 0.4) is 0 Å². The van der Waals surface area contributed by atoms with Crippen molar-refractivity contribution in [1.82, 2.24) is 9.55 Å². The van der Waals surface area contributed by atoms with Gasteiger partial charge in [-0.2, -0.15) is 0 Å². The molecule has 0 amide bonds. The van der Waals surface area contributed by atoms with Crippen LogP contribution in [-0.2, 0) is 22.5 Å². The fraction of sp³-hybridized carbons (Fsp3) is 0.296. The van der Waals surface area contributed by atoms with Gasteiger partial charge in [-0.3, -0.25) is 9.59 Å². The van der Waals surface area contributed by atoms with Crippen LogP contribution in [0.1, 0.15) is 67.0 Å². The number of imidazole rings is 1. The topological polar surface area (TPSA) is 61.2 Å². The maximum absolute atomic E-state index is 13.1. The lowest BCUT2D eigenvalue weighted by atomic mass is 9.97. The minimum Gasteiger partial charge on any atom is -0.421 e. The molecular formula is C27H28N2O3. The van der Waals surface area contributed by atoms with Crippen LogP contribution < -0.4 is 0 Å². The van der Waals surface area contributed by atoms with Crippen LogP contribution >= 0.6 is 0 Å². The van der Waals surface area contributed by atoms with Gasteiger partial charge in [0, 0.05) is 36.5 Å². The number of Topliss-reactive ketones (excluding diaryl/α,β-unsaturated/α-hetero) is 1. The standard InChI is InChI=1S/C27H28N2O3/c1-5-8-22-28-15-16-29(22)17-18-11-13-19(14-12-18)23-20-9-6-7-10-21(20)24(30)25(23)32-26(31)27(2,3)4/h6-7,9-16H,5,8,17H2,1-4H3. The molecule has 0 atom stereocenters. The average Bonchev–Trinajstić information content (AvgIpc) is 3.31. The third-order valence-corrected chi connectivity index (χ3v) is 5.55. The first-order valence-corrected chi connectivity index (χ1v) is 11.0. The molecule has 0 saturated heterocycles. The van der Waals surface area contributed by atoms with Gasteiger partial charge in [0.25, 0.3) is 0 Å². The van der Waals surface area contributed by atoms with Crippen LogP contribution in [0, 0.1) is 5.41 Å². The predicted molar refractivity (Wildman–Crippen MR) is 124 cm³/mol. The highest BCUT2D eigenvalue weighted by Crippen LogP contribution is 2.39. The van der Waals surface area contributed by atoms with Crippen molar-refractivity contribution in [2.45, 2.75) is 47.1 Å². The molecule has 1 aromatic heterocycles. The van der Waals surface area contributed by atoms with Crippen molar-refractivity contribution in [3.63, 3.8) is 0 Å². The van der Waals surface area contributed by atoms with Crippen molar-refractivity contribution >= 4 is 17.3 Å². The second-order valence-corrected chi connectivity index (χ2v) is 9.14. The number of aromatic nitrogens is 2. The first-order valence-electron chi connectivity index (χ1n) is 11.0. The van der Waals surface area contributed by atoms with Crippen LogP contribution in [0.5, 0.6) is 0 Å². The molecule has 0 fully saturated rings. The summed E-state index contributed by atoms with van der Waals surface area (Å²) in [5.41, 5.74) is 3.30. The number of esters is 1.